The van der Waals surface area contributed by atoms with Crippen molar-refractivity contribution >= 4 is 29.5 Å². The van der Waals surface area contributed by atoms with Crippen LogP contribution >= 0.6 is 0 Å². The quantitative estimate of drug-likeness (QED) is 0.473. The van der Waals surface area contributed by atoms with Crippen molar-refractivity contribution in [3.8, 4) is 5.75 Å². The average molecular weight is 380 g/mol. The van der Waals surface area contributed by atoms with Gasteiger partial charge in [0.1, 0.15) is 11.3 Å². The Hall–Kier alpha value is -3.61. The molecule has 0 bridgehead atoms. The van der Waals surface area contributed by atoms with Gasteiger partial charge in [-0.25, -0.2) is 9.80 Å². The maximum Gasteiger partial charge on any atom is 0.347 e. The van der Waals surface area contributed by atoms with Gasteiger partial charge in [0.15, 0.2) is 6.10 Å². The van der Waals surface area contributed by atoms with Crippen molar-refractivity contribution < 1.29 is 23.9 Å². The molecule has 144 valence electrons. The van der Waals surface area contributed by atoms with E-state index in [-0.39, 0.29) is 12.2 Å². The van der Waals surface area contributed by atoms with Gasteiger partial charge in [0.2, 0.25) is 0 Å². The number of nitrogens with one attached hydrogen (secondary N) is 1. The van der Waals surface area contributed by atoms with E-state index in [1.807, 2.05) is 6.07 Å². The monoisotopic (exact) mass is 380 g/mol. The second-order valence-corrected chi connectivity index (χ2v) is 6.06. The molecule has 0 aromatic heterocycles. The predicted molar refractivity (Wildman–Crippen MR) is 103 cm³/mol. The number of hydrogen-bond acceptors (Lipinski definition) is 5. The van der Waals surface area contributed by atoms with Gasteiger partial charge < -0.3 is 9.47 Å². The lowest BCUT2D eigenvalue weighted by atomic mass is 10.1. The molecule has 0 aliphatic carbocycles. The summed E-state index contributed by atoms with van der Waals surface area (Å²) >= 11 is 0. The molecule has 1 aliphatic rings. The van der Waals surface area contributed by atoms with Crippen molar-refractivity contribution in [2.24, 2.45) is 0 Å². The van der Waals surface area contributed by atoms with Gasteiger partial charge in [0.05, 0.1) is 12.3 Å². The largest absolute Gasteiger partial charge is 0.479 e. The van der Waals surface area contributed by atoms with Gasteiger partial charge >= 0.3 is 5.97 Å². The van der Waals surface area contributed by atoms with Crippen LogP contribution in [0.5, 0.6) is 5.75 Å². The molecule has 1 N–H and O–H groups in total. The second-order valence-electron chi connectivity index (χ2n) is 6.06. The number of anilines is 1. The summed E-state index contributed by atoms with van der Waals surface area (Å²) in [6, 6.07) is 15.6. The third-order valence-electron chi connectivity index (χ3n) is 4.01. The highest BCUT2D eigenvalue weighted by Gasteiger charge is 2.34. The number of ether oxygens (including phenoxy) is 2. The molecule has 1 heterocycles. The lowest BCUT2D eigenvalue weighted by Gasteiger charge is -2.14. The first-order chi connectivity index (χ1) is 13.5. The molecule has 7 nitrogen and oxygen atoms in total. The van der Waals surface area contributed by atoms with Crippen LogP contribution in [0.1, 0.15) is 19.4 Å². The Morgan fingerprint density at radius 3 is 2.61 bits per heavy atom. The normalized spacial score (nSPS) is 16.1. The van der Waals surface area contributed by atoms with Crippen LogP contribution < -0.4 is 15.2 Å². The fourth-order valence-corrected chi connectivity index (χ4v) is 2.67. The smallest absolute Gasteiger partial charge is 0.347 e. The van der Waals surface area contributed by atoms with Gasteiger partial charge in [-0.3, -0.25) is 15.0 Å². The van der Waals surface area contributed by atoms with E-state index in [1.165, 1.54) is 11.1 Å². The molecule has 1 aliphatic heterocycles. The molecule has 1 atom stereocenters. The standard InChI is InChI=1S/C21H20N2O5/c1-3-27-21(26)14(2)28-17-11-7-8-15(12-17)13-18-19(24)22-23(20(18)25)16-9-5-4-6-10-16/h4-14H,3H2,1-2H3,(H,22,24). The Bertz CT molecular complexity index is 923. The zero-order valence-electron chi connectivity index (χ0n) is 15.5. The van der Waals surface area contributed by atoms with Crippen LogP contribution in [0.4, 0.5) is 5.69 Å². The van der Waals surface area contributed by atoms with Crippen molar-refractivity contribution in [3.05, 3.63) is 65.7 Å². The Labute approximate surface area is 162 Å². The fraction of sp³-hybridized carbons (Fsp3) is 0.190. The lowest BCUT2D eigenvalue weighted by molar-refractivity contribution is -0.150. The third-order valence-corrected chi connectivity index (χ3v) is 4.01. The summed E-state index contributed by atoms with van der Waals surface area (Å²) in [6.45, 7) is 3.59. The number of rotatable bonds is 6. The van der Waals surface area contributed by atoms with E-state index >= 15 is 0 Å². The zero-order valence-corrected chi connectivity index (χ0v) is 15.5. The van der Waals surface area contributed by atoms with Gasteiger partial charge in [0.25, 0.3) is 11.8 Å². The number of carbonyl (C=O) groups excluding carboxylic acids is 3. The lowest BCUT2D eigenvalue weighted by Crippen LogP contribution is -2.35. The number of benzene rings is 2. The molecule has 2 aromatic carbocycles. The first kappa shape index (κ1) is 19.2. The van der Waals surface area contributed by atoms with E-state index in [0.717, 1.165) is 0 Å². The summed E-state index contributed by atoms with van der Waals surface area (Å²) in [5, 5.41) is 1.21. The van der Waals surface area contributed by atoms with Gasteiger partial charge in [0, 0.05) is 0 Å². The van der Waals surface area contributed by atoms with E-state index < -0.39 is 23.9 Å². The van der Waals surface area contributed by atoms with Crippen molar-refractivity contribution in [1.29, 1.82) is 0 Å². The van der Waals surface area contributed by atoms with Crippen molar-refractivity contribution in [1.82, 2.24) is 5.43 Å². The minimum atomic E-state index is -0.771. The van der Waals surface area contributed by atoms with E-state index in [4.69, 9.17) is 9.47 Å². The van der Waals surface area contributed by atoms with Gasteiger partial charge in [-0.1, -0.05) is 30.3 Å². The highest BCUT2D eigenvalue weighted by atomic mass is 16.6. The van der Waals surface area contributed by atoms with Crippen LogP contribution in [0, 0.1) is 0 Å². The van der Waals surface area contributed by atoms with E-state index in [2.05, 4.69) is 5.43 Å². The van der Waals surface area contributed by atoms with E-state index in [0.29, 0.717) is 17.0 Å². The molecule has 0 radical (unpaired) electrons. The summed E-state index contributed by atoms with van der Waals surface area (Å²) in [4.78, 5) is 36.6. The van der Waals surface area contributed by atoms with Crippen LogP contribution in [0.3, 0.4) is 0 Å². The topological polar surface area (TPSA) is 84.9 Å². The number of esters is 1. The first-order valence-corrected chi connectivity index (χ1v) is 8.85. The molecule has 28 heavy (non-hydrogen) atoms. The average Bonchev–Trinajstić information content (AvgIpc) is 2.97. The molecule has 0 saturated carbocycles. The summed E-state index contributed by atoms with van der Waals surface area (Å²) in [7, 11) is 0. The minimum Gasteiger partial charge on any atom is -0.479 e. The van der Waals surface area contributed by atoms with Crippen LogP contribution in [-0.2, 0) is 19.1 Å². The predicted octanol–water partition coefficient (Wildman–Crippen LogP) is 2.48. The van der Waals surface area contributed by atoms with Gasteiger partial charge in [-0.15, -0.1) is 0 Å². The number of hydrazine groups is 1. The first-order valence-electron chi connectivity index (χ1n) is 8.85. The molecule has 1 fully saturated rings. The molecule has 7 heteroatoms. The zero-order chi connectivity index (χ0) is 20.1. The summed E-state index contributed by atoms with van der Waals surface area (Å²) in [6.07, 6.45) is 0.718. The van der Waals surface area contributed by atoms with Gasteiger partial charge in [-0.2, -0.15) is 0 Å². The maximum atomic E-state index is 12.6. The van der Waals surface area contributed by atoms with Crippen molar-refractivity contribution in [2.45, 2.75) is 20.0 Å². The van der Waals surface area contributed by atoms with Crippen molar-refractivity contribution in [2.75, 3.05) is 11.6 Å². The number of nitrogens with zero attached hydrogens (tertiary/aromatic N) is 1. The SMILES string of the molecule is CCOC(=O)C(C)Oc1cccc(C=C2C(=O)NN(c3ccccc3)C2=O)c1. The number of amides is 2. The summed E-state index contributed by atoms with van der Waals surface area (Å²) in [5.74, 6) is -0.960. The molecule has 1 unspecified atom stereocenters. The van der Waals surface area contributed by atoms with Gasteiger partial charge in [-0.05, 0) is 49.8 Å². The summed E-state index contributed by atoms with van der Waals surface area (Å²) < 4.78 is 10.5. The fourth-order valence-electron chi connectivity index (χ4n) is 2.67. The summed E-state index contributed by atoms with van der Waals surface area (Å²) in [5.41, 5.74) is 3.74. The number of carbonyl (C=O) groups is 3. The number of hydrogen-bond donors (Lipinski definition) is 1. The molecule has 1 saturated heterocycles. The third kappa shape index (κ3) is 4.20. The highest BCUT2D eigenvalue weighted by Crippen LogP contribution is 2.23. The Balaban J connectivity index is 1.79. The molecular weight excluding hydrogens is 360 g/mol. The Morgan fingerprint density at radius 1 is 1.14 bits per heavy atom. The minimum absolute atomic E-state index is 0.0134. The van der Waals surface area contributed by atoms with E-state index in [1.54, 1.807) is 62.4 Å². The highest BCUT2D eigenvalue weighted by molar-refractivity contribution is 6.31. The van der Waals surface area contributed by atoms with Crippen LogP contribution in [0.2, 0.25) is 0 Å². The molecule has 0 spiro atoms. The van der Waals surface area contributed by atoms with Crippen molar-refractivity contribution in [3.63, 3.8) is 0 Å². The van der Waals surface area contributed by atoms with Crippen LogP contribution in [0.25, 0.3) is 6.08 Å². The molecule has 2 aromatic rings. The maximum absolute atomic E-state index is 12.6. The van der Waals surface area contributed by atoms with E-state index in [9.17, 15) is 14.4 Å². The number of para-hydroxylation sites is 1. The van der Waals surface area contributed by atoms with Crippen LogP contribution in [-0.4, -0.2) is 30.5 Å². The molecule has 2 amide bonds. The Morgan fingerprint density at radius 2 is 1.89 bits per heavy atom. The second kappa shape index (κ2) is 8.39. The molecular formula is C21H20N2O5. The van der Waals surface area contributed by atoms with Crippen LogP contribution in [0.15, 0.2) is 60.2 Å². The Kier molecular flexibility index (Phi) is 5.74. The molecule has 3 rings (SSSR count).